The highest BCUT2D eigenvalue weighted by Gasteiger charge is 2.50. The Hall–Kier alpha value is -5.80. The van der Waals surface area contributed by atoms with Crippen molar-refractivity contribution >= 4 is 47.8 Å². The standard InChI is InChI=1S/C37H44N4O12/c1-22-30(34(46)47)40(36(50)52-22)32(44)26(20-24-14-8-6-9-15-24)38-28(42)18-12-4-3-5-13-19-29(43)39-27(21-25-16-10-7-11-17-25)33(45)41-31(35(48)49)23(2)53-37(41)51/h6-11,14-17,22-23,26-27,30-31H,3-5,12-13,18-21H2,1-2H3,(H,38,42)(H,39,43)(H,46,47)(H,48,49)/t22-,23-,26-,27-,30+,31+/m0/s1. The molecule has 4 rings (SSSR count). The molecular weight excluding hydrogens is 692 g/mol. The second kappa shape index (κ2) is 18.6. The Balaban J connectivity index is 1.25. The van der Waals surface area contributed by atoms with Crippen LogP contribution in [0.3, 0.4) is 0 Å². The van der Waals surface area contributed by atoms with E-state index in [0.717, 1.165) is 0 Å². The summed E-state index contributed by atoms with van der Waals surface area (Å²) < 4.78 is 9.98. The van der Waals surface area contributed by atoms with Crippen molar-refractivity contribution in [3.05, 3.63) is 71.8 Å². The molecule has 2 aromatic carbocycles. The van der Waals surface area contributed by atoms with Crippen molar-refractivity contribution in [3.8, 4) is 0 Å². The lowest BCUT2D eigenvalue weighted by Crippen LogP contribution is -2.54. The van der Waals surface area contributed by atoms with Crippen molar-refractivity contribution < 1.29 is 58.0 Å². The summed E-state index contributed by atoms with van der Waals surface area (Å²) in [5, 5.41) is 24.6. The number of amides is 6. The summed E-state index contributed by atoms with van der Waals surface area (Å²) in [5.41, 5.74) is 1.38. The Kier molecular flexibility index (Phi) is 14.0. The van der Waals surface area contributed by atoms with E-state index >= 15 is 0 Å². The number of benzene rings is 2. The summed E-state index contributed by atoms with van der Waals surface area (Å²) in [7, 11) is 0. The van der Waals surface area contributed by atoms with Crippen LogP contribution < -0.4 is 10.6 Å². The van der Waals surface area contributed by atoms with E-state index in [4.69, 9.17) is 9.47 Å². The van der Waals surface area contributed by atoms with Crippen molar-refractivity contribution in [3.63, 3.8) is 0 Å². The zero-order valence-corrected chi connectivity index (χ0v) is 29.5. The summed E-state index contributed by atoms with van der Waals surface area (Å²) in [4.78, 5) is 102. The molecule has 284 valence electrons. The molecule has 16 heteroatoms. The number of nitrogens with one attached hydrogen (secondary N) is 2. The van der Waals surface area contributed by atoms with Crippen LogP contribution in [0.4, 0.5) is 9.59 Å². The van der Waals surface area contributed by atoms with Gasteiger partial charge in [0.25, 0.3) is 11.8 Å². The van der Waals surface area contributed by atoms with Gasteiger partial charge in [-0.3, -0.25) is 19.2 Å². The fourth-order valence-electron chi connectivity index (χ4n) is 6.35. The number of carboxylic acid groups (broad SMARTS) is 2. The van der Waals surface area contributed by atoms with E-state index < -0.39 is 84.1 Å². The van der Waals surface area contributed by atoms with Crippen molar-refractivity contribution in [2.45, 2.75) is 108 Å². The van der Waals surface area contributed by atoms with Gasteiger partial charge in [0.1, 0.15) is 24.3 Å². The first-order chi connectivity index (χ1) is 25.3. The SMILES string of the molecule is C[C@@H]1OC(=O)N(C(=O)[C@H](Cc2ccccc2)NC(=O)CCCCCCCC(=O)N[C@@H](Cc2ccccc2)C(=O)N2C(=O)O[C@@H](C)[C@@H]2C(=O)O)[C@H]1C(=O)O. The Morgan fingerprint density at radius 3 is 1.28 bits per heavy atom. The molecule has 2 saturated heterocycles. The number of nitrogens with zero attached hydrogens (tertiary/aromatic N) is 2. The average Bonchev–Trinajstić information content (AvgIpc) is 3.59. The molecule has 2 heterocycles. The Bertz CT molecular complexity index is 1550. The van der Waals surface area contributed by atoms with Crippen LogP contribution in [0, 0.1) is 0 Å². The topological polar surface area (TPSA) is 226 Å². The first-order valence-corrected chi connectivity index (χ1v) is 17.5. The second-order valence-corrected chi connectivity index (χ2v) is 13.0. The Morgan fingerprint density at radius 2 is 0.943 bits per heavy atom. The van der Waals surface area contributed by atoms with E-state index in [2.05, 4.69) is 10.6 Å². The number of aliphatic carboxylic acids is 2. The molecule has 0 unspecified atom stereocenters. The summed E-state index contributed by atoms with van der Waals surface area (Å²) in [5.74, 6) is -5.49. The van der Waals surface area contributed by atoms with Gasteiger partial charge in [0, 0.05) is 25.7 Å². The number of imide groups is 2. The van der Waals surface area contributed by atoms with Crippen molar-refractivity contribution in [1.82, 2.24) is 20.4 Å². The van der Waals surface area contributed by atoms with Gasteiger partial charge in [-0.2, -0.15) is 0 Å². The van der Waals surface area contributed by atoms with Crippen molar-refractivity contribution in [1.29, 1.82) is 0 Å². The van der Waals surface area contributed by atoms with Gasteiger partial charge in [-0.15, -0.1) is 0 Å². The molecule has 2 aliphatic heterocycles. The third kappa shape index (κ3) is 10.6. The van der Waals surface area contributed by atoms with E-state index in [-0.39, 0.29) is 25.7 Å². The van der Waals surface area contributed by atoms with Gasteiger partial charge in [-0.1, -0.05) is 79.9 Å². The van der Waals surface area contributed by atoms with Crippen LogP contribution in [0.25, 0.3) is 0 Å². The zero-order valence-electron chi connectivity index (χ0n) is 29.5. The highest BCUT2D eigenvalue weighted by atomic mass is 16.6. The lowest BCUT2D eigenvalue weighted by molar-refractivity contribution is -0.148. The monoisotopic (exact) mass is 736 g/mol. The van der Waals surface area contributed by atoms with Crippen molar-refractivity contribution in [2.24, 2.45) is 0 Å². The van der Waals surface area contributed by atoms with Crippen LogP contribution in [0.2, 0.25) is 0 Å². The molecule has 0 aromatic heterocycles. The molecule has 2 aliphatic rings. The van der Waals surface area contributed by atoms with Gasteiger partial charge in [0.05, 0.1) is 0 Å². The van der Waals surface area contributed by atoms with Crippen molar-refractivity contribution in [2.75, 3.05) is 0 Å². The largest absolute Gasteiger partial charge is 0.480 e. The highest BCUT2D eigenvalue weighted by molar-refractivity contribution is 6.03. The molecular formula is C37H44N4O12. The molecule has 53 heavy (non-hydrogen) atoms. The second-order valence-electron chi connectivity index (χ2n) is 13.0. The fraction of sp³-hybridized carbons (Fsp3) is 0.459. The molecule has 0 saturated carbocycles. The maximum atomic E-state index is 13.4. The first kappa shape index (κ1) is 40.0. The minimum atomic E-state index is -1.53. The number of cyclic esters (lactones) is 2. The molecule has 0 spiro atoms. The Labute approximate surface area is 305 Å². The molecule has 0 aliphatic carbocycles. The maximum absolute atomic E-state index is 13.4. The highest BCUT2D eigenvalue weighted by Crippen LogP contribution is 2.23. The van der Waals surface area contributed by atoms with Gasteiger partial charge in [-0.05, 0) is 37.8 Å². The van der Waals surface area contributed by atoms with E-state index in [1.165, 1.54) is 13.8 Å². The lowest BCUT2D eigenvalue weighted by Gasteiger charge is -2.24. The molecule has 0 radical (unpaired) electrons. The number of rotatable bonds is 18. The fourth-order valence-corrected chi connectivity index (χ4v) is 6.35. The number of ether oxygens (including phenoxy) is 2. The maximum Gasteiger partial charge on any atom is 0.417 e. The molecule has 6 atom stereocenters. The van der Waals surface area contributed by atoms with Gasteiger partial charge in [0.2, 0.25) is 11.8 Å². The number of carboxylic acids is 2. The molecule has 2 fully saturated rings. The summed E-state index contributed by atoms with van der Waals surface area (Å²) in [6, 6.07) is 12.0. The normalized spacial score (nSPS) is 20.6. The van der Waals surface area contributed by atoms with E-state index in [1.807, 2.05) is 0 Å². The predicted molar refractivity (Wildman–Crippen MR) is 185 cm³/mol. The number of hydrogen-bond donors (Lipinski definition) is 4. The summed E-state index contributed by atoms with van der Waals surface area (Å²) in [6.07, 6.45) is -1.35. The molecule has 4 N–H and O–H groups in total. The van der Waals surface area contributed by atoms with Crippen LogP contribution in [-0.2, 0) is 51.1 Å². The van der Waals surface area contributed by atoms with E-state index in [9.17, 15) is 48.6 Å². The first-order valence-electron chi connectivity index (χ1n) is 17.5. The van der Waals surface area contributed by atoms with Gasteiger partial charge < -0.3 is 30.3 Å². The number of carbonyl (C=O) groups excluding carboxylic acids is 6. The lowest BCUT2D eigenvalue weighted by atomic mass is 10.0. The third-order valence-electron chi connectivity index (χ3n) is 9.03. The van der Waals surface area contributed by atoms with Gasteiger partial charge in [0.15, 0.2) is 12.1 Å². The van der Waals surface area contributed by atoms with Crippen LogP contribution in [0.5, 0.6) is 0 Å². The summed E-state index contributed by atoms with van der Waals surface area (Å²) in [6.45, 7) is 2.75. The number of hydrogen-bond acceptors (Lipinski definition) is 10. The minimum absolute atomic E-state index is 0.0250. The predicted octanol–water partition coefficient (Wildman–Crippen LogP) is 2.81. The third-order valence-corrected chi connectivity index (χ3v) is 9.03. The van der Waals surface area contributed by atoms with E-state index in [0.29, 0.717) is 53.0 Å². The summed E-state index contributed by atoms with van der Waals surface area (Å²) >= 11 is 0. The molecule has 6 amide bonds. The van der Waals surface area contributed by atoms with E-state index in [1.54, 1.807) is 60.7 Å². The molecule has 16 nitrogen and oxygen atoms in total. The van der Waals surface area contributed by atoms with Crippen LogP contribution in [0.15, 0.2) is 60.7 Å². The van der Waals surface area contributed by atoms with Gasteiger partial charge >= 0.3 is 24.1 Å². The minimum Gasteiger partial charge on any atom is -0.480 e. The van der Waals surface area contributed by atoms with Crippen LogP contribution in [-0.4, -0.2) is 104 Å². The van der Waals surface area contributed by atoms with Crippen LogP contribution >= 0.6 is 0 Å². The smallest absolute Gasteiger partial charge is 0.417 e. The Morgan fingerprint density at radius 1 is 0.604 bits per heavy atom. The van der Waals surface area contributed by atoms with Crippen LogP contribution in [0.1, 0.15) is 69.9 Å². The van der Waals surface area contributed by atoms with Gasteiger partial charge in [-0.25, -0.2) is 29.0 Å². The zero-order chi connectivity index (χ0) is 38.7. The number of unbranched alkanes of at least 4 members (excludes halogenated alkanes) is 4. The number of carbonyl (C=O) groups is 8. The molecule has 0 bridgehead atoms. The average molecular weight is 737 g/mol. The quantitative estimate of drug-likeness (QED) is 0.162. The molecule has 2 aromatic rings.